The predicted molar refractivity (Wildman–Crippen MR) is 78.5 cm³/mol. The lowest BCUT2D eigenvalue weighted by Crippen LogP contribution is -2.34. The average molecular weight is 267 g/mol. The summed E-state index contributed by atoms with van der Waals surface area (Å²) in [5, 5.41) is 3.55. The third-order valence-corrected chi connectivity index (χ3v) is 3.91. The minimum absolute atomic E-state index is 0.190. The van der Waals surface area contributed by atoms with Crippen LogP contribution in [0.5, 0.6) is 0 Å². The van der Waals surface area contributed by atoms with Crippen LogP contribution in [0.25, 0.3) is 0 Å². The summed E-state index contributed by atoms with van der Waals surface area (Å²) >= 11 is 5.90. The van der Waals surface area contributed by atoms with Crippen molar-refractivity contribution in [2.75, 3.05) is 11.2 Å². The summed E-state index contributed by atoms with van der Waals surface area (Å²) in [6.07, 6.45) is 4.52. The Bertz CT molecular complexity index is 409. The van der Waals surface area contributed by atoms with Gasteiger partial charge in [0.1, 0.15) is 5.82 Å². The highest BCUT2D eigenvalue weighted by molar-refractivity contribution is 6.17. The van der Waals surface area contributed by atoms with Gasteiger partial charge >= 0.3 is 0 Å². The number of anilines is 1. The summed E-state index contributed by atoms with van der Waals surface area (Å²) in [6.45, 7) is 6.72. The second-order valence-electron chi connectivity index (χ2n) is 6.20. The molecule has 0 saturated carbocycles. The van der Waals surface area contributed by atoms with Crippen molar-refractivity contribution in [3.05, 3.63) is 23.4 Å². The Morgan fingerprint density at radius 1 is 1.33 bits per heavy atom. The molecular weight excluding hydrogens is 244 g/mol. The van der Waals surface area contributed by atoms with E-state index in [2.05, 4.69) is 38.2 Å². The van der Waals surface area contributed by atoms with Crippen LogP contribution in [0.4, 0.5) is 5.82 Å². The standard InChI is InChI=1S/C15H23ClN2/c1-15(2,3)13(9-10-16)18-14-8-7-11-5-4-6-12(11)17-14/h7-8,13H,4-6,9-10H2,1-3H3,(H,17,18). The van der Waals surface area contributed by atoms with Crippen molar-refractivity contribution < 1.29 is 0 Å². The average Bonchev–Trinajstić information content (AvgIpc) is 2.74. The van der Waals surface area contributed by atoms with Crippen LogP contribution in [0.3, 0.4) is 0 Å². The number of aryl methyl sites for hydroxylation is 2. The number of hydrogen-bond donors (Lipinski definition) is 1. The number of aromatic nitrogens is 1. The molecule has 0 aliphatic heterocycles. The topological polar surface area (TPSA) is 24.9 Å². The number of pyridine rings is 1. The van der Waals surface area contributed by atoms with E-state index < -0.39 is 0 Å². The molecule has 1 aliphatic carbocycles. The van der Waals surface area contributed by atoms with E-state index in [0.717, 1.165) is 18.7 Å². The molecule has 1 heterocycles. The van der Waals surface area contributed by atoms with E-state index in [0.29, 0.717) is 11.9 Å². The molecule has 2 nitrogen and oxygen atoms in total. The number of nitrogens with one attached hydrogen (secondary N) is 1. The molecule has 1 aliphatic rings. The molecule has 1 N–H and O–H groups in total. The monoisotopic (exact) mass is 266 g/mol. The zero-order valence-corrected chi connectivity index (χ0v) is 12.3. The van der Waals surface area contributed by atoms with E-state index in [4.69, 9.17) is 16.6 Å². The highest BCUT2D eigenvalue weighted by atomic mass is 35.5. The van der Waals surface area contributed by atoms with Gasteiger partial charge in [-0.25, -0.2) is 4.98 Å². The molecular formula is C15H23ClN2. The van der Waals surface area contributed by atoms with Crippen LogP contribution in [0.15, 0.2) is 12.1 Å². The van der Waals surface area contributed by atoms with Crippen molar-refractivity contribution in [1.82, 2.24) is 4.98 Å². The molecule has 0 fully saturated rings. The van der Waals surface area contributed by atoms with E-state index in [1.807, 2.05) is 0 Å². The maximum Gasteiger partial charge on any atom is 0.126 e. The Labute approximate surface area is 115 Å². The molecule has 0 radical (unpaired) electrons. The fraction of sp³-hybridized carbons (Fsp3) is 0.667. The smallest absolute Gasteiger partial charge is 0.126 e. The molecule has 2 rings (SSSR count). The van der Waals surface area contributed by atoms with Gasteiger partial charge in [0.05, 0.1) is 0 Å². The maximum atomic E-state index is 5.90. The van der Waals surface area contributed by atoms with Gasteiger partial charge in [-0.1, -0.05) is 26.8 Å². The molecule has 100 valence electrons. The Morgan fingerprint density at radius 2 is 2.11 bits per heavy atom. The summed E-state index contributed by atoms with van der Waals surface area (Å²) in [5.41, 5.74) is 2.89. The fourth-order valence-electron chi connectivity index (χ4n) is 2.51. The Morgan fingerprint density at radius 3 is 2.78 bits per heavy atom. The molecule has 1 aromatic heterocycles. The number of halogens is 1. The molecule has 18 heavy (non-hydrogen) atoms. The molecule has 0 saturated heterocycles. The molecule has 0 bridgehead atoms. The predicted octanol–water partition coefficient (Wildman–Crippen LogP) is 4.03. The first-order valence-electron chi connectivity index (χ1n) is 6.82. The summed E-state index contributed by atoms with van der Waals surface area (Å²) in [6, 6.07) is 4.69. The van der Waals surface area contributed by atoms with Crippen molar-refractivity contribution >= 4 is 17.4 Å². The van der Waals surface area contributed by atoms with Gasteiger partial charge in [0.15, 0.2) is 0 Å². The lowest BCUT2D eigenvalue weighted by Gasteiger charge is -2.31. The SMILES string of the molecule is CC(C)(C)C(CCCl)Nc1ccc2c(n1)CCC2. The lowest BCUT2D eigenvalue weighted by atomic mass is 9.85. The normalized spacial score (nSPS) is 16.4. The van der Waals surface area contributed by atoms with E-state index in [9.17, 15) is 0 Å². The van der Waals surface area contributed by atoms with Gasteiger partial charge in [-0.3, -0.25) is 0 Å². The van der Waals surface area contributed by atoms with Gasteiger partial charge < -0.3 is 5.32 Å². The summed E-state index contributed by atoms with van der Waals surface area (Å²) in [4.78, 5) is 4.73. The zero-order chi connectivity index (χ0) is 13.2. The van der Waals surface area contributed by atoms with Crippen molar-refractivity contribution in [2.45, 2.75) is 52.5 Å². The molecule has 1 unspecified atom stereocenters. The molecule has 0 aromatic carbocycles. The van der Waals surface area contributed by atoms with Gasteiger partial charge in [0.25, 0.3) is 0 Å². The third kappa shape index (κ3) is 3.17. The van der Waals surface area contributed by atoms with Crippen molar-refractivity contribution in [1.29, 1.82) is 0 Å². The van der Waals surface area contributed by atoms with Crippen LogP contribution in [0, 0.1) is 5.41 Å². The minimum atomic E-state index is 0.190. The highest BCUT2D eigenvalue weighted by Gasteiger charge is 2.24. The third-order valence-electron chi connectivity index (χ3n) is 3.69. The van der Waals surface area contributed by atoms with Gasteiger partial charge in [0, 0.05) is 17.6 Å². The van der Waals surface area contributed by atoms with Crippen molar-refractivity contribution in [2.24, 2.45) is 5.41 Å². The molecule has 1 aromatic rings. The number of alkyl halides is 1. The molecule has 0 spiro atoms. The van der Waals surface area contributed by atoms with Gasteiger partial charge in [-0.05, 0) is 42.7 Å². The first-order valence-corrected chi connectivity index (χ1v) is 7.35. The van der Waals surface area contributed by atoms with Gasteiger partial charge in [-0.15, -0.1) is 11.6 Å². The Kier molecular flexibility index (Phi) is 4.16. The van der Waals surface area contributed by atoms with E-state index in [1.165, 1.54) is 24.1 Å². The first-order chi connectivity index (χ1) is 8.50. The Hall–Kier alpha value is -0.760. The summed E-state index contributed by atoms with van der Waals surface area (Å²) in [5.74, 6) is 1.68. The fourth-order valence-corrected chi connectivity index (χ4v) is 2.73. The number of nitrogens with zero attached hydrogens (tertiary/aromatic N) is 1. The van der Waals surface area contributed by atoms with E-state index in [1.54, 1.807) is 0 Å². The largest absolute Gasteiger partial charge is 0.367 e. The summed E-state index contributed by atoms with van der Waals surface area (Å²) in [7, 11) is 0. The molecule has 3 heteroatoms. The van der Waals surface area contributed by atoms with Crippen LogP contribution >= 0.6 is 11.6 Å². The minimum Gasteiger partial charge on any atom is -0.367 e. The first kappa shape index (κ1) is 13.7. The second kappa shape index (κ2) is 5.48. The van der Waals surface area contributed by atoms with Crippen LogP contribution in [0.1, 0.15) is 44.9 Å². The van der Waals surface area contributed by atoms with E-state index >= 15 is 0 Å². The van der Waals surface area contributed by atoms with E-state index in [-0.39, 0.29) is 5.41 Å². The van der Waals surface area contributed by atoms with Crippen molar-refractivity contribution in [3.63, 3.8) is 0 Å². The highest BCUT2D eigenvalue weighted by Crippen LogP contribution is 2.27. The molecule has 0 amide bonds. The second-order valence-corrected chi connectivity index (χ2v) is 6.57. The van der Waals surface area contributed by atoms with Crippen LogP contribution in [-0.2, 0) is 12.8 Å². The van der Waals surface area contributed by atoms with Gasteiger partial charge in [-0.2, -0.15) is 0 Å². The number of hydrogen-bond acceptors (Lipinski definition) is 2. The van der Waals surface area contributed by atoms with Crippen LogP contribution < -0.4 is 5.32 Å². The van der Waals surface area contributed by atoms with Gasteiger partial charge in [0.2, 0.25) is 0 Å². The zero-order valence-electron chi connectivity index (χ0n) is 11.6. The maximum absolute atomic E-state index is 5.90. The number of rotatable bonds is 4. The number of fused-ring (bicyclic) bond motifs is 1. The quantitative estimate of drug-likeness (QED) is 0.833. The van der Waals surface area contributed by atoms with Crippen LogP contribution in [0.2, 0.25) is 0 Å². The molecule has 1 atom stereocenters. The lowest BCUT2D eigenvalue weighted by molar-refractivity contribution is 0.334. The summed E-state index contributed by atoms with van der Waals surface area (Å²) < 4.78 is 0. The van der Waals surface area contributed by atoms with Crippen molar-refractivity contribution in [3.8, 4) is 0 Å². The Balaban J connectivity index is 2.11. The van der Waals surface area contributed by atoms with Crippen LogP contribution in [-0.4, -0.2) is 16.9 Å².